The lowest BCUT2D eigenvalue weighted by atomic mass is 10.1. The first kappa shape index (κ1) is 29.8. The fraction of sp³-hybridized carbons (Fsp3) is 0.111. The normalized spacial score (nSPS) is 10.9. The molecular formula is C36H30BrN5O3. The molecule has 6 aromatic rings. The fourth-order valence-corrected chi connectivity index (χ4v) is 4.98. The lowest BCUT2D eigenvalue weighted by Crippen LogP contribution is -2.12. The summed E-state index contributed by atoms with van der Waals surface area (Å²) in [7, 11) is 0. The van der Waals surface area contributed by atoms with Gasteiger partial charge in [-0.25, -0.2) is 15.0 Å². The van der Waals surface area contributed by atoms with Crippen LogP contribution in [0.15, 0.2) is 120 Å². The molecule has 6 rings (SSSR count). The minimum absolute atomic E-state index is 0.260. The van der Waals surface area contributed by atoms with Crippen LogP contribution in [0, 0.1) is 0 Å². The van der Waals surface area contributed by atoms with Gasteiger partial charge in [-0.2, -0.15) is 0 Å². The molecule has 2 N–H and O–H groups in total. The van der Waals surface area contributed by atoms with Crippen LogP contribution in [0.4, 0.5) is 17.2 Å². The molecule has 0 spiro atoms. The van der Waals surface area contributed by atoms with E-state index in [0.717, 1.165) is 26.9 Å². The van der Waals surface area contributed by atoms with E-state index in [4.69, 9.17) is 14.5 Å². The summed E-state index contributed by atoms with van der Waals surface area (Å²) in [4.78, 5) is 26.9. The summed E-state index contributed by atoms with van der Waals surface area (Å²) in [6.07, 6.45) is 1.47. The van der Waals surface area contributed by atoms with Crippen molar-refractivity contribution in [3.05, 3.63) is 137 Å². The number of fused-ring (bicyclic) bond motifs is 1. The summed E-state index contributed by atoms with van der Waals surface area (Å²) in [5, 5.41) is 7.08. The number of nitrogens with zero attached hydrogens (tertiary/aromatic N) is 3. The maximum atomic E-state index is 13.3. The molecule has 0 saturated heterocycles. The molecule has 0 radical (unpaired) electrons. The van der Waals surface area contributed by atoms with Crippen LogP contribution in [0.25, 0.3) is 11.0 Å². The van der Waals surface area contributed by atoms with Gasteiger partial charge in [-0.15, -0.1) is 0 Å². The van der Waals surface area contributed by atoms with E-state index in [9.17, 15) is 4.79 Å². The molecule has 1 amide bonds. The van der Waals surface area contributed by atoms with Crippen LogP contribution >= 0.6 is 15.9 Å². The number of aromatic nitrogens is 3. The number of para-hydroxylation sites is 1. The summed E-state index contributed by atoms with van der Waals surface area (Å²) in [5.41, 5.74) is 4.26. The first-order valence-corrected chi connectivity index (χ1v) is 15.3. The van der Waals surface area contributed by atoms with Crippen molar-refractivity contribution >= 4 is 50.1 Å². The molecule has 0 bridgehead atoms. The third-order valence-electron chi connectivity index (χ3n) is 7.03. The zero-order valence-electron chi connectivity index (χ0n) is 24.7. The van der Waals surface area contributed by atoms with Crippen molar-refractivity contribution in [2.45, 2.75) is 26.4 Å². The molecule has 0 fully saturated rings. The van der Waals surface area contributed by atoms with Crippen molar-refractivity contribution in [2.75, 3.05) is 10.6 Å². The standard InChI is InChI=1S/C36H30BrN5O3/c1-23(2)30-18-17-28-34(40-30)38-22-39-35(28)41-32-20-25(36(43)42-31-11-7-6-10-29(31)37)12-19-33(32)45-27-15-13-26(14-16-27)44-21-24-8-4-3-5-9-24/h3-20,22-23H,21H2,1-2H3,(H,42,43)(H,38,39,40,41). The molecule has 2 aromatic heterocycles. The van der Waals surface area contributed by atoms with Gasteiger partial charge < -0.3 is 20.1 Å². The molecule has 0 atom stereocenters. The predicted octanol–water partition coefficient (Wildman–Crippen LogP) is 9.28. The van der Waals surface area contributed by atoms with Crippen molar-refractivity contribution in [3.8, 4) is 17.2 Å². The minimum Gasteiger partial charge on any atom is -0.489 e. The molecule has 0 aliphatic rings. The summed E-state index contributed by atoms with van der Waals surface area (Å²) < 4.78 is 13.0. The number of carbonyl (C=O) groups is 1. The molecule has 0 aliphatic carbocycles. The monoisotopic (exact) mass is 659 g/mol. The molecule has 0 unspecified atom stereocenters. The van der Waals surface area contributed by atoms with Crippen molar-refractivity contribution < 1.29 is 14.3 Å². The molecule has 0 aliphatic heterocycles. The summed E-state index contributed by atoms with van der Waals surface area (Å²) in [6, 6.07) is 34.0. The number of ether oxygens (including phenoxy) is 2. The number of carbonyl (C=O) groups excluding carboxylic acids is 1. The van der Waals surface area contributed by atoms with Crippen LogP contribution in [0.3, 0.4) is 0 Å². The van der Waals surface area contributed by atoms with Crippen LogP contribution < -0.4 is 20.1 Å². The van der Waals surface area contributed by atoms with Gasteiger partial charge in [-0.1, -0.05) is 56.3 Å². The Kier molecular flexibility index (Phi) is 8.98. The second-order valence-electron chi connectivity index (χ2n) is 10.6. The molecule has 8 nitrogen and oxygen atoms in total. The number of halogens is 1. The smallest absolute Gasteiger partial charge is 0.255 e. The number of benzene rings is 4. The van der Waals surface area contributed by atoms with Gasteiger partial charge in [0.05, 0.1) is 16.8 Å². The lowest BCUT2D eigenvalue weighted by Gasteiger charge is -2.16. The first-order valence-electron chi connectivity index (χ1n) is 14.5. The van der Waals surface area contributed by atoms with E-state index >= 15 is 0 Å². The minimum atomic E-state index is -0.271. The average molecular weight is 661 g/mol. The Balaban J connectivity index is 1.29. The van der Waals surface area contributed by atoms with Gasteiger partial charge in [0.2, 0.25) is 0 Å². The number of hydrogen-bond acceptors (Lipinski definition) is 7. The fourth-order valence-electron chi connectivity index (χ4n) is 4.59. The molecule has 2 heterocycles. The SMILES string of the molecule is CC(C)c1ccc2c(Nc3cc(C(=O)Nc4ccccc4Br)ccc3Oc3ccc(OCc4ccccc4)cc3)ncnc2n1. The highest BCUT2D eigenvalue weighted by Crippen LogP contribution is 2.35. The zero-order valence-corrected chi connectivity index (χ0v) is 26.3. The number of anilines is 3. The molecule has 9 heteroatoms. The maximum Gasteiger partial charge on any atom is 0.255 e. The van der Waals surface area contributed by atoms with E-state index in [1.807, 2.05) is 91.0 Å². The molecule has 4 aromatic carbocycles. The van der Waals surface area contributed by atoms with Crippen molar-refractivity contribution in [3.63, 3.8) is 0 Å². The van der Waals surface area contributed by atoms with Crippen LogP contribution in [0.5, 0.6) is 17.2 Å². The Hall–Kier alpha value is -5.28. The van der Waals surface area contributed by atoms with Crippen LogP contribution in [-0.2, 0) is 6.61 Å². The van der Waals surface area contributed by atoms with Crippen molar-refractivity contribution in [1.82, 2.24) is 15.0 Å². The summed E-state index contributed by atoms with van der Waals surface area (Å²) >= 11 is 3.49. The van der Waals surface area contributed by atoms with E-state index in [0.29, 0.717) is 46.5 Å². The first-order chi connectivity index (χ1) is 21.9. The number of nitrogens with one attached hydrogen (secondary N) is 2. The number of amides is 1. The summed E-state index contributed by atoms with van der Waals surface area (Å²) in [5.74, 6) is 2.36. The Labute approximate surface area is 269 Å². The molecule has 224 valence electrons. The predicted molar refractivity (Wildman–Crippen MR) is 181 cm³/mol. The highest BCUT2D eigenvalue weighted by Gasteiger charge is 2.16. The van der Waals surface area contributed by atoms with Gasteiger partial charge in [0.25, 0.3) is 5.91 Å². The Morgan fingerprint density at radius 2 is 1.58 bits per heavy atom. The second-order valence-corrected chi connectivity index (χ2v) is 11.5. The molecular weight excluding hydrogens is 630 g/mol. The molecule has 45 heavy (non-hydrogen) atoms. The van der Waals surface area contributed by atoms with Gasteiger partial charge in [-0.05, 0) is 94.1 Å². The van der Waals surface area contributed by atoms with E-state index in [-0.39, 0.29) is 11.8 Å². The third-order valence-corrected chi connectivity index (χ3v) is 7.72. The van der Waals surface area contributed by atoms with E-state index in [2.05, 4.69) is 50.4 Å². The van der Waals surface area contributed by atoms with E-state index < -0.39 is 0 Å². The van der Waals surface area contributed by atoms with E-state index in [1.165, 1.54) is 6.33 Å². The number of rotatable bonds is 10. The number of hydrogen-bond donors (Lipinski definition) is 2. The highest BCUT2D eigenvalue weighted by atomic mass is 79.9. The molecule has 0 saturated carbocycles. The van der Waals surface area contributed by atoms with Crippen LogP contribution in [-0.4, -0.2) is 20.9 Å². The van der Waals surface area contributed by atoms with Gasteiger partial charge >= 0.3 is 0 Å². The number of pyridine rings is 1. The zero-order chi connectivity index (χ0) is 31.2. The Morgan fingerprint density at radius 3 is 2.36 bits per heavy atom. The van der Waals surface area contributed by atoms with Crippen molar-refractivity contribution in [2.24, 2.45) is 0 Å². The van der Waals surface area contributed by atoms with Gasteiger partial charge in [0.1, 0.15) is 30.3 Å². The van der Waals surface area contributed by atoms with Crippen LogP contribution in [0.2, 0.25) is 0 Å². The van der Waals surface area contributed by atoms with Crippen LogP contribution in [0.1, 0.15) is 41.4 Å². The Morgan fingerprint density at radius 1 is 0.822 bits per heavy atom. The average Bonchev–Trinajstić information content (AvgIpc) is 3.06. The quantitative estimate of drug-likeness (QED) is 0.151. The van der Waals surface area contributed by atoms with E-state index in [1.54, 1.807) is 18.2 Å². The highest BCUT2D eigenvalue weighted by molar-refractivity contribution is 9.10. The topological polar surface area (TPSA) is 98.3 Å². The largest absolute Gasteiger partial charge is 0.489 e. The van der Waals surface area contributed by atoms with Gasteiger partial charge in [0.15, 0.2) is 11.4 Å². The van der Waals surface area contributed by atoms with Crippen molar-refractivity contribution in [1.29, 1.82) is 0 Å². The van der Waals surface area contributed by atoms with Gasteiger partial charge in [0, 0.05) is 15.7 Å². The maximum absolute atomic E-state index is 13.3. The lowest BCUT2D eigenvalue weighted by molar-refractivity contribution is 0.102. The van der Waals surface area contributed by atoms with Gasteiger partial charge in [-0.3, -0.25) is 4.79 Å². The third kappa shape index (κ3) is 7.27. The Bertz CT molecular complexity index is 1950. The second kappa shape index (κ2) is 13.6. The summed E-state index contributed by atoms with van der Waals surface area (Å²) in [6.45, 7) is 4.65.